The fourth-order valence-corrected chi connectivity index (χ4v) is 3.80. The van der Waals surface area contributed by atoms with Crippen LogP contribution in [0.1, 0.15) is 16.7 Å². The molecule has 5 heteroatoms. The maximum atomic E-state index is 5.50. The average Bonchev–Trinajstić information content (AvgIpc) is 3.42. The summed E-state index contributed by atoms with van der Waals surface area (Å²) in [6, 6.07) is 24.8. The number of fused-ring (bicyclic) bond motifs is 1. The van der Waals surface area contributed by atoms with Gasteiger partial charge in [0.15, 0.2) is 11.5 Å². The van der Waals surface area contributed by atoms with Crippen LogP contribution in [0.5, 0.6) is 11.5 Å². The molecule has 1 aliphatic heterocycles. The first kappa shape index (κ1) is 18.5. The van der Waals surface area contributed by atoms with Crippen molar-refractivity contribution in [3.05, 3.63) is 95.7 Å². The van der Waals surface area contributed by atoms with Crippen LogP contribution >= 0.6 is 0 Å². The Balaban J connectivity index is 1.40. The van der Waals surface area contributed by atoms with Crippen LogP contribution in [0.3, 0.4) is 0 Å². The van der Waals surface area contributed by atoms with Crippen molar-refractivity contribution < 1.29 is 14.8 Å². The highest BCUT2D eigenvalue weighted by atomic mass is 16.7. The van der Waals surface area contributed by atoms with Crippen LogP contribution in [0.4, 0.5) is 0 Å². The van der Waals surface area contributed by atoms with Crippen molar-refractivity contribution in [3.63, 3.8) is 0 Å². The van der Waals surface area contributed by atoms with E-state index in [2.05, 4.69) is 67.0 Å². The predicted octanol–water partition coefficient (Wildman–Crippen LogP) is 3.84. The highest BCUT2D eigenvalue weighted by Crippen LogP contribution is 2.32. The number of hydrogen-bond acceptors (Lipinski definition) is 3. The molecular weight excluding hydrogens is 374 g/mol. The number of nitrogens with two attached hydrogens (primary N) is 1. The molecule has 0 atom stereocenters. The first-order chi connectivity index (χ1) is 14.8. The summed E-state index contributed by atoms with van der Waals surface area (Å²) in [5.41, 5.74) is 6.95. The summed E-state index contributed by atoms with van der Waals surface area (Å²) in [7, 11) is 0. The third-order valence-corrected chi connectivity index (χ3v) is 5.39. The van der Waals surface area contributed by atoms with E-state index in [-0.39, 0.29) is 0 Å². The molecular formula is C25H24N3O2+. The summed E-state index contributed by atoms with van der Waals surface area (Å²) >= 11 is 0. The molecule has 5 nitrogen and oxygen atoms in total. The van der Waals surface area contributed by atoms with Crippen LogP contribution in [0.15, 0.2) is 79.0 Å². The lowest BCUT2D eigenvalue weighted by atomic mass is 10.0. The molecule has 2 heterocycles. The van der Waals surface area contributed by atoms with Crippen LogP contribution in [0, 0.1) is 6.92 Å². The van der Waals surface area contributed by atoms with Gasteiger partial charge in [0.1, 0.15) is 18.8 Å². The highest BCUT2D eigenvalue weighted by Gasteiger charge is 2.16. The Kier molecular flexibility index (Phi) is 4.95. The number of para-hydroxylation sites is 1. The smallest absolute Gasteiger partial charge is 0.231 e. The van der Waals surface area contributed by atoms with Gasteiger partial charge in [0.25, 0.3) is 0 Å². The molecule has 5 rings (SSSR count). The molecule has 30 heavy (non-hydrogen) atoms. The van der Waals surface area contributed by atoms with Crippen LogP contribution in [0.25, 0.3) is 16.9 Å². The first-order valence-electron chi connectivity index (χ1n) is 10.2. The fourth-order valence-electron chi connectivity index (χ4n) is 3.80. The number of hydrogen-bond donors (Lipinski definition) is 1. The maximum Gasteiger partial charge on any atom is 0.231 e. The van der Waals surface area contributed by atoms with Gasteiger partial charge in [0.2, 0.25) is 6.79 Å². The molecule has 0 fully saturated rings. The molecule has 150 valence electrons. The van der Waals surface area contributed by atoms with Gasteiger partial charge in [-0.25, -0.2) is 4.68 Å². The molecule has 2 N–H and O–H groups in total. The van der Waals surface area contributed by atoms with Gasteiger partial charge >= 0.3 is 0 Å². The molecule has 0 aliphatic carbocycles. The molecule has 3 aromatic carbocycles. The summed E-state index contributed by atoms with van der Waals surface area (Å²) in [4.78, 5) is 0. The average molecular weight is 398 g/mol. The molecule has 0 radical (unpaired) electrons. The van der Waals surface area contributed by atoms with E-state index in [0.29, 0.717) is 6.79 Å². The number of rotatable bonds is 6. The van der Waals surface area contributed by atoms with Gasteiger partial charge in [0, 0.05) is 17.3 Å². The van der Waals surface area contributed by atoms with Crippen LogP contribution in [0.2, 0.25) is 0 Å². The number of aryl methyl sites for hydroxylation is 1. The highest BCUT2D eigenvalue weighted by molar-refractivity contribution is 5.66. The van der Waals surface area contributed by atoms with Crippen molar-refractivity contribution >= 4 is 0 Å². The number of ether oxygens (including phenoxy) is 2. The van der Waals surface area contributed by atoms with E-state index in [1.165, 1.54) is 22.3 Å². The summed E-state index contributed by atoms with van der Waals surface area (Å²) in [6.07, 6.45) is 2.15. The molecule has 0 bridgehead atoms. The van der Waals surface area contributed by atoms with E-state index in [4.69, 9.17) is 14.6 Å². The van der Waals surface area contributed by atoms with Crippen molar-refractivity contribution in [1.29, 1.82) is 0 Å². The van der Waals surface area contributed by atoms with E-state index < -0.39 is 0 Å². The summed E-state index contributed by atoms with van der Waals surface area (Å²) in [5.74, 6) is 1.66. The standard InChI is InChI=1S/C25H23N3O2/c1-18-7-5-6-10-22(18)25-20(16-28(27-25)21-8-3-2-4-9-21)15-26-14-19-11-12-23-24(13-19)30-17-29-23/h2-13,16,26H,14-15,17H2,1H3/p+1. The Hall–Kier alpha value is -3.57. The summed E-state index contributed by atoms with van der Waals surface area (Å²) in [6.45, 7) is 4.14. The lowest BCUT2D eigenvalue weighted by molar-refractivity contribution is -0.686. The van der Waals surface area contributed by atoms with Crippen LogP contribution in [-0.4, -0.2) is 16.6 Å². The Labute approximate surface area is 175 Å². The second-order valence-corrected chi connectivity index (χ2v) is 7.48. The third-order valence-electron chi connectivity index (χ3n) is 5.39. The normalized spacial score (nSPS) is 12.3. The van der Waals surface area contributed by atoms with Crippen molar-refractivity contribution in [2.45, 2.75) is 20.0 Å². The van der Waals surface area contributed by atoms with E-state index in [1.807, 2.05) is 28.9 Å². The molecule has 0 saturated heterocycles. The SMILES string of the molecule is Cc1ccccc1-c1nn(-c2ccccc2)cc1C[NH2+]Cc1ccc2c(c1)OCO2. The van der Waals surface area contributed by atoms with Crippen molar-refractivity contribution in [2.24, 2.45) is 0 Å². The number of aromatic nitrogens is 2. The van der Waals surface area contributed by atoms with E-state index in [0.717, 1.165) is 36.0 Å². The predicted molar refractivity (Wildman–Crippen MR) is 116 cm³/mol. The Morgan fingerprint density at radius 2 is 1.70 bits per heavy atom. The molecule has 0 unspecified atom stereocenters. The van der Waals surface area contributed by atoms with Crippen molar-refractivity contribution in [2.75, 3.05) is 6.79 Å². The second kappa shape index (κ2) is 8.05. The Bertz CT molecular complexity index is 1170. The Morgan fingerprint density at radius 3 is 2.57 bits per heavy atom. The summed E-state index contributed by atoms with van der Waals surface area (Å²) in [5, 5.41) is 7.24. The molecule has 0 amide bonds. The van der Waals surface area contributed by atoms with E-state index in [1.54, 1.807) is 0 Å². The van der Waals surface area contributed by atoms with E-state index in [9.17, 15) is 0 Å². The van der Waals surface area contributed by atoms with Crippen LogP contribution in [-0.2, 0) is 13.1 Å². The van der Waals surface area contributed by atoms with Crippen molar-refractivity contribution in [3.8, 4) is 28.4 Å². The molecule has 0 saturated carbocycles. The molecule has 1 aliphatic rings. The minimum atomic E-state index is 0.307. The molecule has 0 spiro atoms. The first-order valence-corrected chi connectivity index (χ1v) is 10.2. The maximum absolute atomic E-state index is 5.50. The third kappa shape index (κ3) is 3.67. The minimum absolute atomic E-state index is 0.307. The molecule has 4 aromatic rings. The second-order valence-electron chi connectivity index (χ2n) is 7.48. The van der Waals surface area contributed by atoms with Gasteiger partial charge in [0.05, 0.1) is 11.3 Å². The topological polar surface area (TPSA) is 52.9 Å². The van der Waals surface area contributed by atoms with Gasteiger partial charge in [-0.1, -0.05) is 42.5 Å². The van der Waals surface area contributed by atoms with Gasteiger partial charge in [-0.3, -0.25) is 0 Å². The van der Waals surface area contributed by atoms with Crippen LogP contribution < -0.4 is 14.8 Å². The lowest BCUT2D eigenvalue weighted by Gasteiger charge is -2.06. The quantitative estimate of drug-likeness (QED) is 0.537. The number of nitrogens with zero attached hydrogens (tertiary/aromatic N) is 2. The fraction of sp³-hybridized carbons (Fsp3) is 0.160. The van der Waals surface area contributed by atoms with Crippen molar-refractivity contribution in [1.82, 2.24) is 9.78 Å². The number of quaternary nitrogens is 1. The van der Waals surface area contributed by atoms with Gasteiger partial charge in [-0.05, 0) is 42.8 Å². The van der Waals surface area contributed by atoms with Gasteiger partial charge in [-0.15, -0.1) is 0 Å². The zero-order valence-corrected chi connectivity index (χ0v) is 16.9. The van der Waals surface area contributed by atoms with Gasteiger partial charge < -0.3 is 14.8 Å². The van der Waals surface area contributed by atoms with Gasteiger partial charge in [-0.2, -0.15) is 5.10 Å². The Morgan fingerprint density at radius 1 is 0.900 bits per heavy atom. The number of benzene rings is 3. The minimum Gasteiger partial charge on any atom is -0.454 e. The lowest BCUT2D eigenvalue weighted by Crippen LogP contribution is -2.80. The monoisotopic (exact) mass is 398 g/mol. The largest absolute Gasteiger partial charge is 0.454 e. The molecule has 1 aromatic heterocycles. The van der Waals surface area contributed by atoms with E-state index >= 15 is 0 Å². The summed E-state index contributed by atoms with van der Waals surface area (Å²) < 4.78 is 12.9. The zero-order valence-electron chi connectivity index (χ0n) is 16.9. The zero-order chi connectivity index (χ0) is 20.3.